The molecule has 0 aliphatic carbocycles. The van der Waals surface area contributed by atoms with E-state index in [1.54, 1.807) is 0 Å². The van der Waals surface area contributed by atoms with Crippen LogP contribution in [0, 0.1) is 0 Å². The molecule has 16 heavy (non-hydrogen) atoms. The number of unbranched alkanes of at least 4 members (excludes halogenated alkanes) is 8. The Kier molecular flexibility index (Phi) is 7.87. The molecule has 2 atom stereocenters. The number of hydrogen-bond donors (Lipinski definition) is 1. The molecule has 0 aromatic carbocycles. The molecular formula is C14H28O2. The summed E-state index contributed by atoms with van der Waals surface area (Å²) < 4.78 is 5.29. The van der Waals surface area contributed by atoms with E-state index in [9.17, 15) is 0 Å². The summed E-state index contributed by atoms with van der Waals surface area (Å²) in [6, 6.07) is 0. The lowest BCUT2D eigenvalue weighted by molar-refractivity contribution is 0.241. The van der Waals surface area contributed by atoms with Crippen LogP contribution in [0.15, 0.2) is 0 Å². The molecule has 0 radical (unpaired) electrons. The average molecular weight is 228 g/mol. The van der Waals surface area contributed by atoms with Gasteiger partial charge in [-0.05, 0) is 6.42 Å². The van der Waals surface area contributed by atoms with Crippen LogP contribution in [-0.4, -0.2) is 23.9 Å². The van der Waals surface area contributed by atoms with Gasteiger partial charge >= 0.3 is 0 Å². The van der Waals surface area contributed by atoms with E-state index in [0.29, 0.717) is 6.10 Å². The molecule has 1 fully saturated rings. The summed E-state index contributed by atoms with van der Waals surface area (Å²) in [7, 11) is 0. The Hall–Kier alpha value is -0.0800. The molecule has 1 heterocycles. The first-order valence-corrected chi connectivity index (χ1v) is 7.14. The molecule has 2 heteroatoms. The topological polar surface area (TPSA) is 32.8 Å². The highest BCUT2D eigenvalue weighted by atomic mass is 16.6. The van der Waals surface area contributed by atoms with Crippen molar-refractivity contribution in [3.8, 4) is 0 Å². The van der Waals surface area contributed by atoms with E-state index in [2.05, 4.69) is 6.92 Å². The minimum Gasteiger partial charge on any atom is -0.394 e. The molecule has 0 amide bonds. The maximum atomic E-state index is 8.79. The Balaban J connectivity index is 1.69. The Bertz CT molecular complexity index is 159. The number of aliphatic hydroxyl groups excluding tert-OH is 1. The lowest BCUT2D eigenvalue weighted by atomic mass is 10.1. The first-order valence-electron chi connectivity index (χ1n) is 7.14. The third kappa shape index (κ3) is 6.49. The van der Waals surface area contributed by atoms with Crippen LogP contribution < -0.4 is 0 Å². The molecule has 1 aliphatic rings. The molecule has 0 aromatic heterocycles. The fourth-order valence-electron chi connectivity index (χ4n) is 2.25. The van der Waals surface area contributed by atoms with Crippen LogP contribution in [0.2, 0.25) is 0 Å². The number of rotatable bonds is 11. The molecular weight excluding hydrogens is 200 g/mol. The van der Waals surface area contributed by atoms with E-state index in [0.717, 1.165) is 6.42 Å². The third-order valence-electron chi connectivity index (χ3n) is 3.46. The molecule has 1 saturated heterocycles. The first-order chi connectivity index (χ1) is 7.88. The van der Waals surface area contributed by atoms with Gasteiger partial charge in [-0.3, -0.25) is 0 Å². The van der Waals surface area contributed by atoms with Gasteiger partial charge in [0.2, 0.25) is 0 Å². The lowest BCUT2D eigenvalue weighted by Crippen LogP contribution is -1.98. The molecule has 1 rings (SSSR count). The Morgan fingerprint density at radius 1 is 0.812 bits per heavy atom. The van der Waals surface area contributed by atoms with Gasteiger partial charge in [0.25, 0.3) is 0 Å². The number of aliphatic hydroxyl groups is 1. The summed E-state index contributed by atoms with van der Waals surface area (Å²) in [6.45, 7) is 2.47. The van der Waals surface area contributed by atoms with Gasteiger partial charge in [-0.2, -0.15) is 0 Å². The zero-order valence-electron chi connectivity index (χ0n) is 10.8. The van der Waals surface area contributed by atoms with Gasteiger partial charge in [0.1, 0.15) is 6.10 Å². The van der Waals surface area contributed by atoms with Crippen LogP contribution in [0.4, 0.5) is 0 Å². The van der Waals surface area contributed by atoms with Crippen LogP contribution in [-0.2, 0) is 4.74 Å². The molecule has 0 unspecified atom stereocenters. The fourth-order valence-corrected chi connectivity index (χ4v) is 2.25. The van der Waals surface area contributed by atoms with E-state index in [-0.39, 0.29) is 12.7 Å². The summed E-state index contributed by atoms with van der Waals surface area (Å²) in [4.78, 5) is 0. The van der Waals surface area contributed by atoms with Crippen LogP contribution in [0.25, 0.3) is 0 Å². The van der Waals surface area contributed by atoms with E-state index in [4.69, 9.17) is 9.84 Å². The largest absolute Gasteiger partial charge is 0.394 e. The second kappa shape index (κ2) is 9.00. The van der Waals surface area contributed by atoms with Crippen LogP contribution in [0.5, 0.6) is 0 Å². The molecule has 96 valence electrons. The minimum absolute atomic E-state index is 0.175. The Labute approximate surface area is 100 Å². The zero-order chi connectivity index (χ0) is 11.6. The minimum atomic E-state index is 0.175. The second-order valence-corrected chi connectivity index (χ2v) is 5.01. The highest BCUT2D eigenvalue weighted by Gasteiger charge is 2.36. The van der Waals surface area contributed by atoms with Crippen molar-refractivity contribution in [2.24, 2.45) is 0 Å². The standard InChI is InChI=1S/C14H28O2/c1-2-3-4-5-6-7-8-9-10-11-13-14(12-15)16-13/h13-15H,2-12H2,1H3/t13-,14+/m1/s1. The van der Waals surface area contributed by atoms with Gasteiger partial charge in [0.15, 0.2) is 0 Å². The van der Waals surface area contributed by atoms with Gasteiger partial charge in [-0.15, -0.1) is 0 Å². The predicted octanol–water partition coefficient (Wildman–Crippen LogP) is 3.67. The maximum Gasteiger partial charge on any atom is 0.107 e. The maximum absolute atomic E-state index is 8.79. The Morgan fingerprint density at radius 2 is 1.38 bits per heavy atom. The Morgan fingerprint density at radius 3 is 1.88 bits per heavy atom. The highest BCUT2D eigenvalue weighted by molar-refractivity contribution is 4.83. The van der Waals surface area contributed by atoms with Gasteiger partial charge in [-0.25, -0.2) is 0 Å². The summed E-state index contributed by atoms with van der Waals surface area (Å²) in [5.74, 6) is 0. The lowest BCUT2D eigenvalue weighted by Gasteiger charge is -2.00. The quantitative estimate of drug-likeness (QED) is 0.432. The fraction of sp³-hybridized carbons (Fsp3) is 1.00. The van der Waals surface area contributed by atoms with Crippen molar-refractivity contribution in [2.45, 2.75) is 83.3 Å². The summed E-state index contributed by atoms with van der Waals surface area (Å²) >= 11 is 0. The molecule has 0 aromatic rings. The molecule has 1 N–H and O–H groups in total. The van der Waals surface area contributed by atoms with E-state index >= 15 is 0 Å². The number of ether oxygens (including phenoxy) is 1. The number of epoxide rings is 1. The van der Waals surface area contributed by atoms with E-state index in [1.165, 1.54) is 57.8 Å². The van der Waals surface area contributed by atoms with Gasteiger partial charge in [0.05, 0.1) is 12.7 Å². The van der Waals surface area contributed by atoms with Gasteiger partial charge < -0.3 is 9.84 Å². The van der Waals surface area contributed by atoms with Crippen LogP contribution in [0.3, 0.4) is 0 Å². The normalized spacial score (nSPS) is 23.6. The summed E-state index contributed by atoms with van der Waals surface area (Å²) in [6.07, 6.45) is 14.1. The van der Waals surface area contributed by atoms with E-state index < -0.39 is 0 Å². The molecule has 0 saturated carbocycles. The van der Waals surface area contributed by atoms with Gasteiger partial charge in [0, 0.05) is 0 Å². The average Bonchev–Trinajstić information content (AvgIpc) is 3.05. The number of hydrogen-bond acceptors (Lipinski definition) is 2. The first kappa shape index (κ1) is 14.0. The van der Waals surface area contributed by atoms with Crippen LogP contribution >= 0.6 is 0 Å². The van der Waals surface area contributed by atoms with Crippen molar-refractivity contribution >= 4 is 0 Å². The molecule has 2 nitrogen and oxygen atoms in total. The predicted molar refractivity (Wildman–Crippen MR) is 67.6 cm³/mol. The molecule has 1 aliphatic heterocycles. The van der Waals surface area contributed by atoms with Crippen molar-refractivity contribution in [1.82, 2.24) is 0 Å². The monoisotopic (exact) mass is 228 g/mol. The summed E-state index contributed by atoms with van der Waals surface area (Å²) in [5, 5.41) is 8.79. The SMILES string of the molecule is CCCCCCCCCCC[C@H]1O[C@H]1CO. The third-order valence-corrected chi connectivity index (χ3v) is 3.46. The highest BCUT2D eigenvalue weighted by Crippen LogP contribution is 2.26. The van der Waals surface area contributed by atoms with Gasteiger partial charge in [-0.1, -0.05) is 64.7 Å². The second-order valence-electron chi connectivity index (χ2n) is 5.01. The van der Waals surface area contributed by atoms with Crippen molar-refractivity contribution in [3.63, 3.8) is 0 Å². The smallest absolute Gasteiger partial charge is 0.107 e. The van der Waals surface area contributed by atoms with E-state index in [1.807, 2.05) is 0 Å². The van der Waals surface area contributed by atoms with Crippen LogP contribution in [0.1, 0.15) is 71.1 Å². The zero-order valence-corrected chi connectivity index (χ0v) is 10.8. The molecule has 0 bridgehead atoms. The van der Waals surface area contributed by atoms with Crippen molar-refractivity contribution in [3.05, 3.63) is 0 Å². The summed E-state index contributed by atoms with van der Waals surface area (Å²) in [5.41, 5.74) is 0. The van der Waals surface area contributed by atoms with Crippen molar-refractivity contribution in [2.75, 3.05) is 6.61 Å². The molecule has 0 spiro atoms. The van der Waals surface area contributed by atoms with Crippen molar-refractivity contribution in [1.29, 1.82) is 0 Å². The van der Waals surface area contributed by atoms with Crippen molar-refractivity contribution < 1.29 is 9.84 Å².